The van der Waals surface area contributed by atoms with Gasteiger partial charge in [0.2, 0.25) is 0 Å². The fraction of sp³-hybridized carbons (Fsp3) is 0.250. The molecule has 0 bridgehead atoms. The Morgan fingerprint density at radius 1 is 1.00 bits per heavy atom. The van der Waals surface area contributed by atoms with Crippen LogP contribution in [0.25, 0.3) is 0 Å². The highest BCUT2D eigenvalue weighted by Crippen LogP contribution is 2.41. The first kappa shape index (κ1) is 20.5. The van der Waals surface area contributed by atoms with Crippen molar-refractivity contribution in [1.29, 1.82) is 0 Å². The number of anilines is 1. The third-order valence-corrected chi connectivity index (χ3v) is 5.36. The molecule has 31 heavy (non-hydrogen) atoms. The summed E-state index contributed by atoms with van der Waals surface area (Å²) in [5, 5.41) is 0. The quantitative estimate of drug-likeness (QED) is 0.544. The second-order valence-corrected chi connectivity index (χ2v) is 7.12. The molecule has 3 aromatic rings. The molecule has 1 amide bonds. The number of hydrogen-bond acceptors (Lipinski definition) is 5. The van der Waals surface area contributed by atoms with Crippen LogP contribution in [0.4, 0.5) is 5.69 Å². The Labute approximate surface area is 180 Å². The Bertz CT molecular complexity index is 1100. The van der Waals surface area contributed by atoms with Crippen molar-refractivity contribution in [2.24, 2.45) is 0 Å². The summed E-state index contributed by atoms with van der Waals surface area (Å²) in [6.45, 7) is 2.41. The van der Waals surface area contributed by atoms with E-state index in [-0.39, 0.29) is 12.5 Å². The van der Waals surface area contributed by atoms with E-state index in [1.807, 2.05) is 42.5 Å². The first-order valence-corrected chi connectivity index (χ1v) is 10.0. The maximum atomic E-state index is 13.6. The monoisotopic (exact) mass is 420 g/mol. The van der Waals surface area contributed by atoms with Crippen LogP contribution in [0.15, 0.2) is 60.8 Å². The maximum absolute atomic E-state index is 13.6. The molecule has 7 nitrogen and oxygen atoms in total. The molecule has 0 aliphatic carbocycles. The van der Waals surface area contributed by atoms with Crippen molar-refractivity contribution in [1.82, 2.24) is 4.57 Å². The van der Waals surface area contributed by atoms with E-state index in [0.717, 1.165) is 22.6 Å². The number of ether oxygens (including phenoxy) is 3. The van der Waals surface area contributed by atoms with Crippen LogP contribution in [-0.4, -0.2) is 37.3 Å². The number of aromatic nitrogens is 1. The van der Waals surface area contributed by atoms with E-state index < -0.39 is 12.0 Å². The summed E-state index contributed by atoms with van der Waals surface area (Å²) in [5.41, 5.74) is 2.87. The Hall–Kier alpha value is -3.74. The van der Waals surface area contributed by atoms with E-state index in [4.69, 9.17) is 14.2 Å². The van der Waals surface area contributed by atoms with E-state index in [2.05, 4.69) is 0 Å². The zero-order valence-corrected chi connectivity index (χ0v) is 17.7. The van der Waals surface area contributed by atoms with Gasteiger partial charge in [0, 0.05) is 11.8 Å². The van der Waals surface area contributed by atoms with Gasteiger partial charge in [0.15, 0.2) is 0 Å². The number of carbonyl (C=O) groups excluding carboxylic acids is 2. The summed E-state index contributed by atoms with van der Waals surface area (Å²) >= 11 is 0. The molecular formula is C24H24N2O5. The molecule has 7 heteroatoms. The fourth-order valence-electron chi connectivity index (χ4n) is 3.87. The molecule has 1 aliphatic rings. The molecule has 0 saturated carbocycles. The highest BCUT2D eigenvalue weighted by molar-refractivity contribution is 6.05. The van der Waals surface area contributed by atoms with E-state index in [9.17, 15) is 9.59 Å². The number of esters is 1. The number of carbonyl (C=O) groups is 2. The van der Waals surface area contributed by atoms with Crippen LogP contribution < -0.4 is 14.4 Å². The van der Waals surface area contributed by atoms with Crippen molar-refractivity contribution in [3.8, 4) is 11.5 Å². The normalized spacial score (nSPS) is 15.0. The molecule has 0 fully saturated rings. The summed E-state index contributed by atoms with van der Waals surface area (Å²) in [7, 11) is 3.20. The van der Waals surface area contributed by atoms with Gasteiger partial charge in [-0.2, -0.15) is 0 Å². The first-order chi connectivity index (χ1) is 15.1. The molecule has 2 heterocycles. The lowest BCUT2D eigenvalue weighted by Crippen LogP contribution is -2.31. The third kappa shape index (κ3) is 3.74. The molecule has 4 rings (SSSR count). The molecular weight excluding hydrogens is 396 g/mol. The van der Waals surface area contributed by atoms with Crippen LogP contribution >= 0.6 is 0 Å². The predicted octanol–water partition coefficient (Wildman–Crippen LogP) is 3.82. The summed E-state index contributed by atoms with van der Waals surface area (Å²) in [5.74, 6) is 0.817. The van der Waals surface area contributed by atoms with E-state index in [1.54, 1.807) is 48.9 Å². The molecule has 1 unspecified atom stereocenters. The van der Waals surface area contributed by atoms with Crippen molar-refractivity contribution in [2.75, 3.05) is 25.7 Å². The largest absolute Gasteiger partial charge is 0.497 e. The van der Waals surface area contributed by atoms with Crippen molar-refractivity contribution >= 4 is 17.6 Å². The second-order valence-electron chi connectivity index (χ2n) is 7.12. The summed E-state index contributed by atoms with van der Waals surface area (Å²) in [6, 6.07) is 15.9. The van der Waals surface area contributed by atoms with E-state index in [1.165, 1.54) is 0 Å². The highest BCUT2D eigenvalue weighted by Gasteiger charge is 2.40. The van der Waals surface area contributed by atoms with Gasteiger partial charge in [-0.15, -0.1) is 0 Å². The predicted molar refractivity (Wildman–Crippen MR) is 116 cm³/mol. The molecule has 1 atom stereocenters. The van der Waals surface area contributed by atoms with Gasteiger partial charge in [-0.25, -0.2) is 4.79 Å². The minimum atomic E-state index is -0.683. The molecule has 2 aromatic carbocycles. The average molecular weight is 420 g/mol. The molecule has 0 N–H and O–H groups in total. The van der Waals surface area contributed by atoms with Gasteiger partial charge >= 0.3 is 5.97 Å². The Morgan fingerprint density at radius 3 is 2.39 bits per heavy atom. The van der Waals surface area contributed by atoms with Gasteiger partial charge in [-0.05, 0) is 55.0 Å². The van der Waals surface area contributed by atoms with Crippen LogP contribution in [0, 0.1) is 0 Å². The SMILES string of the molecule is CCOC(=O)c1cccn1C1C(=O)N(Cc2ccc(OC)cc2)c2ccc(OC)cc21. The van der Waals surface area contributed by atoms with Crippen molar-refractivity contribution in [3.05, 3.63) is 77.6 Å². The van der Waals surface area contributed by atoms with Crippen molar-refractivity contribution in [3.63, 3.8) is 0 Å². The Balaban J connectivity index is 1.75. The first-order valence-electron chi connectivity index (χ1n) is 10.0. The molecule has 1 aliphatic heterocycles. The van der Waals surface area contributed by atoms with Crippen LogP contribution in [0.3, 0.4) is 0 Å². The number of methoxy groups -OCH3 is 2. The molecule has 0 radical (unpaired) electrons. The van der Waals surface area contributed by atoms with Crippen LogP contribution in [0.1, 0.15) is 34.6 Å². The third-order valence-electron chi connectivity index (χ3n) is 5.36. The second kappa shape index (κ2) is 8.55. The van der Waals surface area contributed by atoms with Gasteiger partial charge in [-0.1, -0.05) is 12.1 Å². The average Bonchev–Trinajstić information content (AvgIpc) is 3.37. The highest BCUT2D eigenvalue weighted by atomic mass is 16.5. The topological polar surface area (TPSA) is 70.0 Å². The van der Waals surface area contributed by atoms with Crippen LogP contribution in [0.2, 0.25) is 0 Å². The molecule has 0 spiro atoms. The zero-order valence-electron chi connectivity index (χ0n) is 17.7. The lowest BCUT2D eigenvalue weighted by atomic mass is 10.1. The summed E-state index contributed by atoms with van der Waals surface area (Å²) in [6.07, 6.45) is 1.73. The van der Waals surface area contributed by atoms with Crippen molar-refractivity contribution in [2.45, 2.75) is 19.5 Å². The van der Waals surface area contributed by atoms with Crippen LogP contribution in [-0.2, 0) is 16.1 Å². The molecule has 160 valence electrons. The number of hydrogen-bond donors (Lipinski definition) is 0. The maximum Gasteiger partial charge on any atom is 0.354 e. The minimum Gasteiger partial charge on any atom is -0.497 e. The lowest BCUT2D eigenvalue weighted by Gasteiger charge is -2.19. The van der Waals surface area contributed by atoms with Gasteiger partial charge in [0.05, 0.1) is 33.1 Å². The standard InChI is InChI=1S/C24H24N2O5/c1-4-31-24(28)21-6-5-13-25(21)22-19-14-18(30-3)11-12-20(19)26(23(22)27)15-16-7-9-17(29-2)10-8-16/h5-14,22H,4,15H2,1-3H3. The number of amides is 1. The van der Waals surface area contributed by atoms with Gasteiger partial charge < -0.3 is 23.7 Å². The molecule has 0 saturated heterocycles. The lowest BCUT2D eigenvalue weighted by molar-refractivity contribution is -0.120. The fourth-order valence-corrected chi connectivity index (χ4v) is 3.87. The smallest absolute Gasteiger partial charge is 0.354 e. The molecule has 1 aromatic heterocycles. The Kier molecular flexibility index (Phi) is 5.66. The van der Waals surface area contributed by atoms with Crippen LogP contribution in [0.5, 0.6) is 11.5 Å². The number of benzene rings is 2. The van der Waals surface area contributed by atoms with Crippen molar-refractivity contribution < 1.29 is 23.8 Å². The van der Waals surface area contributed by atoms with Gasteiger partial charge in [-0.3, -0.25) is 4.79 Å². The number of fused-ring (bicyclic) bond motifs is 1. The summed E-state index contributed by atoms with van der Waals surface area (Å²) < 4.78 is 17.5. The van der Waals surface area contributed by atoms with E-state index in [0.29, 0.717) is 18.0 Å². The van der Waals surface area contributed by atoms with Gasteiger partial charge in [0.25, 0.3) is 5.91 Å². The zero-order chi connectivity index (χ0) is 22.0. The number of rotatable bonds is 7. The van der Waals surface area contributed by atoms with E-state index >= 15 is 0 Å². The number of nitrogens with zero attached hydrogens (tertiary/aromatic N) is 2. The summed E-state index contributed by atoms with van der Waals surface area (Å²) in [4.78, 5) is 27.8. The Morgan fingerprint density at radius 2 is 1.71 bits per heavy atom. The van der Waals surface area contributed by atoms with Gasteiger partial charge in [0.1, 0.15) is 23.2 Å². The minimum absolute atomic E-state index is 0.124.